The summed E-state index contributed by atoms with van der Waals surface area (Å²) in [6, 6.07) is 14.0. The van der Waals surface area contributed by atoms with Gasteiger partial charge < -0.3 is 19.4 Å². The summed E-state index contributed by atoms with van der Waals surface area (Å²) in [5, 5.41) is 17.2. The van der Waals surface area contributed by atoms with E-state index in [-0.39, 0.29) is 6.10 Å². The minimum absolute atomic E-state index is 0.299. The third-order valence-electron chi connectivity index (χ3n) is 6.12. The van der Waals surface area contributed by atoms with Crippen molar-refractivity contribution in [2.24, 2.45) is 7.05 Å². The van der Waals surface area contributed by atoms with Crippen LogP contribution in [0.25, 0.3) is 5.69 Å². The lowest BCUT2D eigenvalue weighted by Gasteiger charge is -2.21. The van der Waals surface area contributed by atoms with Gasteiger partial charge in [-0.1, -0.05) is 0 Å². The molecule has 5 rings (SSSR count). The van der Waals surface area contributed by atoms with Gasteiger partial charge in [-0.25, -0.2) is 4.98 Å². The minimum atomic E-state index is -0.299. The predicted octanol–water partition coefficient (Wildman–Crippen LogP) is 3.83. The maximum Gasteiger partial charge on any atom is 0.220 e. The number of aromatic nitrogens is 5. The highest BCUT2D eigenvalue weighted by Crippen LogP contribution is 2.33. The van der Waals surface area contributed by atoms with Gasteiger partial charge in [-0.15, -0.1) is 0 Å². The highest BCUT2D eigenvalue weighted by molar-refractivity contribution is 5.63. The molecule has 1 aliphatic heterocycles. The summed E-state index contributed by atoms with van der Waals surface area (Å²) in [6.45, 7) is 5.35. The van der Waals surface area contributed by atoms with Gasteiger partial charge in [-0.2, -0.15) is 15.3 Å². The van der Waals surface area contributed by atoms with Crippen LogP contribution in [0.3, 0.4) is 0 Å². The maximum absolute atomic E-state index is 9.33. The van der Waals surface area contributed by atoms with Crippen molar-refractivity contribution >= 4 is 11.5 Å². The second-order valence-corrected chi connectivity index (χ2v) is 8.86. The summed E-state index contributed by atoms with van der Waals surface area (Å²) in [7, 11) is 3.55. The zero-order valence-electron chi connectivity index (χ0n) is 20.8. The van der Waals surface area contributed by atoms with Crippen molar-refractivity contribution in [3.05, 3.63) is 71.6 Å². The fraction of sp³-hybridized carbons (Fsp3) is 0.308. The molecule has 0 saturated carbocycles. The SMILES string of the molecule is COc1cc(Nc2ccc3c(n2)OC(c2cc(C)nn2C)CN(CC#N)C3)ccc1-n1cnc(C)c1. The molecule has 0 radical (unpaired) electrons. The first-order chi connectivity index (χ1) is 17.4. The molecule has 1 unspecified atom stereocenters. The number of nitriles is 1. The van der Waals surface area contributed by atoms with Gasteiger partial charge in [0.15, 0.2) is 6.10 Å². The number of ether oxygens (including phenoxy) is 2. The molecule has 0 bridgehead atoms. The maximum atomic E-state index is 9.33. The zero-order chi connectivity index (χ0) is 25.2. The van der Waals surface area contributed by atoms with Crippen LogP contribution in [0.5, 0.6) is 11.6 Å². The van der Waals surface area contributed by atoms with Gasteiger partial charge in [0.1, 0.15) is 11.6 Å². The molecule has 0 spiro atoms. The van der Waals surface area contributed by atoms with E-state index in [0.717, 1.165) is 34.0 Å². The first-order valence-electron chi connectivity index (χ1n) is 11.7. The molecule has 4 aromatic rings. The zero-order valence-corrected chi connectivity index (χ0v) is 20.8. The van der Waals surface area contributed by atoms with E-state index in [9.17, 15) is 5.26 Å². The van der Waals surface area contributed by atoms with Crippen LogP contribution in [0.2, 0.25) is 0 Å². The van der Waals surface area contributed by atoms with Crippen molar-refractivity contribution in [1.29, 1.82) is 5.26 Å². The van der Waals surface area contributed by atoms with Gasteiger partial charge >= 0.3 is 0 Å². The molecule has 10 nitrogen and oxygen atoms in total. The molecule has 3 aromatic heterocycles. The number of imidazole rings is 1. The van der Waals surface area contributed by atoms with Crippen LogP contribution < -0.4 is 14.8 Å². The van der Waals surface area contributed by atoms with E-state index >= 15 is 0 Å². The van der Waals surface area contributed by atoms with Crippen molar-refractivity contribution < 1.29 is 9.47 Å². The van der Waals surface area contributed by atoms with Crippen LogP contribution in [0.4, 0.5) is 11.5 Å². The fourth-order valence-electron chi connectivity index (χ4n) is 4.45. The van der Waals surface area contributed by atoms with E-state index in [1.165, 1.54) is 0 Å². The number of methoxy groups -OCH3 is 1. The number of hydrogen-bond acceptors (Lipinski definition) is 8. The average molecular weight is 485 g/mol. The summed E-state index contributed by atoms with van der Waals surface area (Å²) < 4.78 is 15.8. The number of fused-ring (bicyclic) bond motifs is 1. The molecule has 0 aliphatic carbocycles. The molecule has 1 atom stereocenters. The molecule has 36 heavy (non-hydrogen) atoms. The van der Waals surface area contributed by atoms with Crippen LogP contribution in [-0.4, -0.2) is 49.4 Å². The Morgan fingerprint density at radius 2 is 2.06 bits per heavy atom. The Morgan fingerprint density at radius 1 is 1.19 bits per heavy atom. The Kier molecular flexibility index (Phi) is 6.31. The lowest BCUT2D eigenvalue weighted by Crippen LogP contribution is -2.29. The fourth-order valence-corrected chi connectivity index (χ4v) is 4.45. The molecule has 184 valence electrons. The van der Waals surface area contributed by atoms with Crippen LogP contribution in [0.1, 0.15) is 28.7 Å². The van der Waals surface area contributed by atoms with Crippen LogP contribution in [0, 0.1) is 25.2 Å². The third-order valence-corrected chi connectivity index (χ3v) is 6.12. The van der Waals surface area contributed by atoms with Gasteiger partial charge in [0.25, 0.3) is 0 Å². The largest absolute Gasteiger partial charge is 0.494 e. The number of benzene rings is 1. The van der Waals surface area contributed by atoms with E-state index in [0.29, 0.717) is 37.1 Å². The van der Waals surface area contributed by atoms with Gasteiger partial charge in [0, 0.05) is 43.7 Å². The van der Waals surface area contributed by atoms with Gasteiger partial charge in [0.2, 0.25) is 5.88 Å². The second kappa shape index (κ2) is 9.71. The van der Waals surface area contributed by atoms with Crippen LogP contribution in [-0.2, 0) is 13.6 Å². The summed E-state index contributed by atoms with van der Waals surface area (Å²) in [5.74, 6) is 1.90. The molecule has 0 amide bonds. The Labute approximate surface area is 209 Å². The highest BCUT2D eigenvalue weighted by atomic mass is 16.5. The number of rotatable bonds is 6. The van der Waals surface area contributed by atoms with E-state index in [4.69, 9.17) is 14.5 Å². The van der Waals surface area contributed by atoms with E-state index in [1.807, 2.05) is 72.7 Å². The first-order valence-corrected chi connectivity index (χ1v) is 11.7. The quantitative estimate of drug-likeness (QED) is 0.412. The molecule has 1 N–H and O–H groups in total. The van der Waals surface area contributed by atoms with Gasteiger partial charge in [0.05, 0.1) is 48.8 Å². The first kappa shape index (κ1) is 23.4. The van der Waals surface area contributed by atoms with Crippen LogP contribution in [0.15, 0.2) is 48.9 Å². The summed E-state index contributed by atoms with van der Waals surface area (Å²) in [5.41, 5.74) is 5.45. The van der Waals surface area contributed by atoms with E-state index < -0.39 is 0 Å². The Hall–Kier alpha value is -4.36. The van der Waals surface area contributed by atoms with Crippen molar-refractivity contribution in [1.82, 2.24) is 29.2 Å². The average Bonchev–Trinajstić information content (AvgIpc) is 3.38. The summed E-state index contributed by atoms with van der Waals surface area (Å²) in [4.78, 5) is 11.2. The Bertz CT molecular complexity index is 1430. The number of nitrogens with zero attached hydrogens (tertiary/aromatic N) is 7. The minimum Gasteiger partial charge on any atom is -0.494 e. The van der Waals surface area contributed by atoms with Crippen molar-refractivity contribution in [3.63, 3.8) is 0 Å². The summed E-state index contributed by atoms with van der Waals surface area (Å²) in [6.07, 6.45) is 3.42. The predicted molar refractivity (Wildman–Crippen MR) is 135 cm³/mol. The van der Waals surface area contributed by atoms with Gasteiger partial charge in [-0.05, 0) is 44.2 Å². The number of anilines is 2. The molecule has 4 heterocycles. The molecular formula is C26H28N8O2. The molecule has 0 saturated heterocycles. The smallest absolute Gasteiger partial charge is 0.220 e. The molecule has 10 heteroatoms. The van der Waals surface area contributed by atoms with Crippen molar-refractivity contribution in [3.8, 4) is 23.4 Å². The highest BCUT2D eigenvalue weighted by Gasteiger charge is 2.27. The van der Waals surface area contributed by atoms with Crippen LogP contribution >= 0.6 is 0 Å². The standard InChI is InChI=1S/C26H28N8O2/c1-17-11-22(32(3)31-17)24-15-33(10-9-27)14-19-5-8-25(30-26(19)36-24)29-20-6-7-21(23(12-20)35-4)34-13-18(2)28-16-34/h5-8,11-13,16,24H,10,14-15H2,1-4H3,(H,29,30). The van der Waals surface area contributed by atoms with Crippen molar-refractivity contribution in [2.75, 3.05) is 25.5 Å². The topological polar surface area (TPSA) is 106 Å². The normalized spacial score (nSPS) is 15.5. The lowest BCUT2D eigenvalue weighted by atomic mass is 10.2. The number of aryl methyl sites for hydroxylation is 3. The number of hydrogen-bond donors (Lipinski definition) is 1. The lowest BCUT2D eigenvalue weighted by molar-refractivity contribution is 0.145. The molecule has 1 aromatic carbocycles. The Morgan fingerprint density at radius 3 is 2.75 bits per heavy atom. The van der Waals surface area contributed by atoms with E-state index in [2.05, 4.69) is 26.4 Å². The monoisotopic (exact) mass is 484 g/mol. The second-order valence-electron chi connectivity index (χ2n) is 8.86. The van der Waals surface area contributed by atoms with Gasteiger partial charge in [-0.3, -0.25) is 9.58 Å². The van der Waals surface area contributed by atoms with E-state index in [1.54, 1.807) is 13.4 Å². The third kappa shape index (κ3) is 4.74. The Balaban J connectivity index is 1.43. The summed E-state index contributed by atoms with van der Waals surface area (Å²) >= 11 is 0. The van der Waals surface area contributed by atoms with Crippen molar-refractivity contribution in [2.45, 2.75) is 26.5 Å². The number of nitrogens with one attached hydrogen (secondary N) is 1. The molecule has 1 aliphatic rings. The molecule has 0 fully saturated rings. The number of pyridine rings is 1. The molecular weight excluding hydrogens is 456 g/mol.